The average molecular weight is 194 g/mol. The number of rotatable bonds is 3. The van der Waals surface area contributed by atoms with Crippen LogP contribution in [0.2, 0.25) is 0 Å². The van der Waals surface area contributed by atoms with Gasteiger partial charge in [0, 0.05) is 0 Å². The van der Waals surface area contributed by atoms with Gasteiger partial charge in [0.25, 0.3) is 0 Å². The normalized spacial score (nSPS) is 25.0. The predicted octanol–water partition coefficient (Wildman–Crippen LogP) is 3.45. The Kier molecular flexibility index (Phi) is 3.20. The summed E-state index contributed by atoms with van der Waals surface area (Å²) in [7, 11) is 0. The molecule has 0 fully saturated rings. The molecule has 0 saturated carbocycles. The van der Waals surface area contributed by atoms with Gasteiger partial charge in [-0.25, -0.2) is 0 Å². The van der Waals surface area contributed by atoms with Crippen molar-refractivity contribution in [1.82, 2.24) is 0 Å². The van der Waals surface area contributed by atoms with Crippen molar-refractivity contribution < 1.29 is 5.11 Å². The van der Waals surface area contributed by atoms with Crippen LogP contribution in [0, 0.1) is 5.41 Å². The first-order valence-electron chi connectivity index (χ1n) is 5.40. The van der Waals surface area contributed by atoms with Gasteiger partial charge in [0.2, 0.25) is 0 Å². The van der Waals surface area contributed by atoms with Gasteiger partial charge in [-0.15, -0.1) is 6.58 Å². The topological polar surface area (TPSA) is 20.2 Å². The fraction of sp³-hybridized carbons (Fsp3) is 0.692. The van der Waals surface area contributed by atoms with Gasteiger partial charge in [0.15, 0.2) is 0 Å². The first-order valence-corrected chi connectivity index (χ1v) is 5.40. The molecule has 1 atom stereocenters. The zero-order valence-corrected chi connectivity index (χ0v) is 9.64. The molecule has 0 heterocycles. The Morgan fingerprint density at radius 3 is 2.79 bits per heavy atom. The van der Waals surface area contributed by atoms with Crippen molar-refractivity contribution in [3.63, 3.8) is 0 Å². The Balaban J connectivity index is 2.78. The zero-order valence-electron chi connectivity index (χ0n) is 9.64. The second-order valence-electron chi connectivity index (χ2n) is 5.38. The molecule has 0 aromatic carbocycles. The van der Waals surface area contributed by atoms with E-state index >= 15 is 0 Å². The third-order valence-electron chi connectivity index (χ3n) is 3.11. The molecule has 1 N–H and O–H groups in total. The average Bonchev–Trinajstić information content (AvgIpc) is 2.02. The molecule has 1 nitrogen and oxygen atoms in total. The molecule has 80 valence electrons. The Morgan fingerprint density at radius 2 is 2.29 bits per heavy atom. The van der Waals surface area contributed by atoms with Crippen LogP contribution in [0.5, 0.6) is 0 Å². The highest BCUT2D eigenvalue weighted by molar-refractivity contribution is 5.20. The van der Waals surface area contributed by atoms with Crippen molar-refractivity contribution in [3.05, 3.63) is 24.3 Å². The maximum absolute atomic E-state index is 10.2. The van der Waals surface area contributed by atoms with Crippen molar-refractivity contribution in [3.8, 4) is 0 Å². The van der Waals surface area contributed by atoms with E-state index in [0.29, 0.717) is 11.8 Å². The number of hydrogen-bond acceptors (Lipinski definition) is 1. The van der Waals surface area contributed by atoms with E-state index in [9.17, 15) is 5.11 Å². The van der Waals surface area contributed by atoms with E-state index in [1.54, 1.807) is 6.08 Å². The van der Waals surface area contributed by atoms with Crippen molar-refractivity contribution in [2.75, 3.05) is 0 Å². The molecule has 0 aromatic heterocycles. The number of hydrogen-bond donors (Lipinski definition) is 1. The summed E-state index contributed by atoms with van der Waals surface area (Å²) in [5.74, 6) is 0. The second kappa shape index (κ2) is 3.90. The molecule has 0 aromatic rings. The van der Waals surface area contributed by atoms with Crippen molar-refractivity contribution in [2.45, 2.75) is 52.1 Å². The zero-order chi connectivity index (χ0) is 10.8. The predicted molar refractivity (Wildman–Crippen MR) is 61.2 cm³/mol. The van der Waals surface area contributed by atoms with Crippen molar-refractivity contribution >= 4 is 0 Å². The van der Waals surface area contributed by atoms with Crippen molar-refractivity contribution in [2.24, 2.45) is 5.41 Å². The monoisotopic (exact) mass is 194 g/mol. The lowest BCUT2D eigenvalue weighted by molar-refractivity contribution is 0.0868. The summed E-state index contributed by atoms with van der Waals surface area (Å²) in [5, 5.41) is 10.2. The van der Waals surface area contributed by atoms with E-state index in [2.05, 4.69) is 26.5 Å². The van der Waals surface area contributed by atoms with E-state index in [4.69, 9.17) is 0 Å². The first-order chi connectivity index (χ1) is 6.37. The fourth-order valence-corrected chi connectivity index (χ4v) is 2.14. The number of aliphatic hydroxyl groups is 1. The van der Waals surface area contributed by atoms with E-state index in [-0.39, 0.29) is 0 Å². The van der Waals surface area contributed by atoms with Crippen LogP contribution in [0.4, 0.5) is 0 Å². The lowest BCUT2D eigenvalue weighted by Gasteiger charge is -2.36. The van der Waals surface area contributed by atoms with Gasteiger partial charge in [0.1, 0.15) is 0 Å². The van der Waals surface area contributed by atoms with Crippen LogP contribution < -0.4 is 0 Å². The van der Waals surface area contributed by atoms with E-state index < -0.39 is 5.60 Å². The molecule has 1 aliphatic carbocycles. The van der Waals surface area contributed by atoms with Crippen LogP contribution in [-0.4, -0.2) is 10.7 Å². The lowest BCUT2D eigenvalue weighted by Crippen LogP contribution is -2.31. The maximum Gasteiger partial charge on any atom is 0.0863 e. The Morgan fingerprint density at radius 1 is 1.64 bits per heavy atom. The van der Waals surface area contributed by atoms with E-state index in [1.807, 2.05) is 6.92 Å². The highest BCUT2D eigenvalue weighted by atomic mass is 16.3. The van der Waals surface area contributed by atoms with E-state index in [1.165, 1.54) is 12.0 Å². The van der Waals surface area contributed by atoms with Crippen LogP contribution in [0.1, 0.15) is 46.5 Å². The molecule has 0 amide bonds. The molecule has 0 radical (unpaired) electrons. The largest absolute Gasteiger partial charge is 0.385 e. The van der Waals surface area contributed by atoms with Crippen LogP contribution in [0.3, 0.4) is 0 Å². The molecule has 1 heteroatoms. The van der Waals surface area contributed by atoms with Crippen molar-refractivity contribution in [1.29, 1.82) is 0 Å². The highest BCUT2D eigenvalue weighted by Gasteiger charge is 2.31. The molecular weight excluding hydrogens is 172 g/mol. The Hall–Kier alpha value is -0.560. The minimum atomic E-state index is -0.681. The van der Waals surface area contributed by atoms with Crippen LogP contribution in [0.15, 0.2) is 24.3 Å². The summed E-state index contributed by atoms with van der Waals surface area (Å²) in [5.41, 5.74) is 0.850. The molecule has 0 saturated heterocycles. The van der Waals surface area contributed by atoms with Gasteiger partial charge in [-0.05, 0) is 43.6 Å². The molecule has 0 aliphatic heterocycles. The lowest BCUT2D eigenvalue weighted by atomic mass is 9.72. The van der Waals surface area contributed by atoms with Gasteiger partial charge in [-0.1, -0.05) is 26.0 Å². The SMILES string of the molecule is C=CCC(C)(O)C1=CCCC(C)(C)C1. The summed E-state index contributed by atoms with van der Waals surface area (Å²) in [6.07, 6.45) is 7.97. The van der Waals surface area contributed by atoms with Crippen LogP contribution in [-0.2, 0) is 0 Å². The summed E-state index contributed by atoms with van der Waals surface area (Å²) in [6, 6.07) is 0. The minimum absolute atomic E-state index is 0.343. The summed E-state index contributed by atoms with van der Waals surface area (Å²) in [6.45, 7) is 10.1. The molecular formula is C13H22O. The third kappa shape index (κ3) is 2.71. The Bertz CT molecular complexity index is 246. The maximum atomic E-state index is 10.2. The molecule has 14 heavy (non-hydrogen) atoms. The quantitative estimate of drug-likeness (QED) is 0.682. The smallest absolute Gasteiger partial charge is 0.0863 e. The summed E-state index contributed by atoms with van der Waals surface area (Å²) < 4.78 is 0. The molecule has 1 aliphatic rings. The molecule has 0 spiro atoms. The van der Waals surface area contributed by atoms with Gasteiger partial charge in [0.05, 0.1) is 5.60 Å². The molecule has 0 bridgehead atoms. The summed E-state index contributed by atoms with van der Waals surface area (Å²) in [4.78, 5) is 0. The highest BCUT2D eigenvalue weighted by Crippen LogP contribution is 2.40. The van der Waals surface area contributed by atoms with Gasteiger partial charge in [-0.2, -0.15) is 0 Å². The van der Waals surface area contributed by atoms with E-state index in [0.717, 1.165) is 12.8 Å². The first kappa shape index (κ1) is 11.5. The third-order valence-corrected chi connectivity index (χ3v) is 3.11. The minimum Gasteiger partial charge on any atom is -0.385 e. The molecule has 1 unspecified atom stereocenters. The van der Waals surface area contributed by atoms with Gasteiger partial charge >= 0.3 is 0 Å². The number of allylic oxidation sites excluding steroid dienone is 1. The Labute approximate surface area is 87.5 Å². The summed E-state index contributed by atoms with van der Waals surface area (Å²) >= 11 is 0. The fourth-order valence-electron chi connectivity index (χ4n) is 2.14. The van der Waals surface area contributed by atoms with Gasteiger partial charge in [-0.3, -0.25) is 0 Å². The molecule has 1 rings (SSSR count). The second-order valence-corrected chi connectivity index (χ2v) is 5.38. The van der Waals surface area contributed by atoms with Crippen LogP contribution >= 0.6 is 0 Å². The van der Waals surface area contributed by atoms with Gasteiger partial charge < -0.3 is 5.11 Å². The van der Waals surface area contributed by atoms with Crippen LogP contribution in [0.25, 0.3) is 0 Å². The standard InChI is InChI=1S/C13H22O/c1-5-8-13(4,14)11-7-6-9-12(2,3)10-11/h5,7,14H,1,6,8-10H2,2-4H3.